The molecule has 0 saturated carbocycles. The zero-order valence-corrected chi connectivity index (χ0v) is 13.9. The standard InChI is InChI=1S/C16H16N4O2S/c1-4-23-14-11-13(19(2)16(22)20(3)15(11)21)17-12(18-14)10-8-6-5-7-9-10/h5-9H,4H2,1-3H3. The molecule has 118 valence electrons. The summed E-state index contributed by atoms with van der Waals surface area (Å²) in [7, 11) is 3.09. The van der Waals surface area contributed by atoms with Gasteiger partial charge >= 0.3 is 5.69 Å². The van der Waals surface area contributed by atoms with Crippen LogP contribution in [-0.4, -0.2) is 24.9 Å². The van der Waals surface area contributed by atoms with E-state index < -0.39 is 5.69 Å². The normalized spacial score (nSPS) is 11.1. The zero-order chi connectivity index (χ0) is 16.6. The van der Waals surface area contributed by atoms with E-state index in [-0.39, 0.29) is 5.56 Å². The predicted octanol–water partition coefficient (Wildman–Crippen LogP) is 1.81. The summed E-state index contributed by atoms with van der Waals surface area (Å²) in [6.45, 7) is 1.99. The fourth-order valence-corrected chi connectivity index (χ4v) is 3.13. The van der Waals surface area contributed by atoms with Crippen molar-refractivity contribution in [3.63, 3.8) is 0 Å². The number of benzene rings is 1. The molecule has 0 spiro atoms. The zero-order valence-electron chi connectivity index (χ0n) is 13.1. The van der Waals surface area contributed by atoms with E-state index in [1.165, 1.54) is 23.4 Å². The molecule has 6 nitrogen and oxygen atoms in total. The number of hydrogen-bond donors (Lipinski definition) is 0. The maximum Gasteiger partial charge on any atom is 0.332 e. The third kappa shape index (κ3) is 2.57. The van der Waals surface area contributed by atoms with Crippen molar-refractivity contribution in [2.45, 2.75) is 11.9 Å². The summed E-state index contributed by atoms with van der Waals surface area (Å²) in [6.07, 6.45) is 0. The van der Waals surface area contributed by atoms with Crippen LogP contribution in [0.5, 0.6) is 0 Å². The van der Waals surface area contributed by atoms with Crippen LogP contribution in [0, 0.1) is 0 Å². The Morgan fingerprint density at radius 2 is 1.74 bits per heavy atom. The van der Waals surface area contributed by atoms with Gasteiger partial charge in [0.05, 0.1) is 0 Å². The van der Waals surface area contributed by atoms with Crippen molar-refractivity contribution in [1.29, 1.82) is 0 Å². The smallest absolute Gasteiger partial charge is 0.280 e. The Labute approximate surface area is 136 Å². The second-order valence-electron chi connectivity index (χ2n) is 5.06. The number of thioether (sulfide) groups is 1. The Morgan fingerprint density at radius 1 is 1.04 bits per heavy atom. The maximum atomic E-state index is 12.5. The molecule has 0 unspecified atom stereocenters. The van der Waals surface area contributed by atoms with Gasteiger partial charge in [-0.25, -0.2) is 14.8 Å². The van der Waals surface area contributed by atoms with Gasteiger partial charge in [0, 0.05) is 19.7 Å². The summed E-state index contributed by atoms with van der Waals surface area (Å²) in [5.74, 6) is 1.28. The monoisotopic (exact) mass is 328 g/mol. The molecule has 2 heterocycles. The molecule has 3 rings (SSSR count). The minimum absolute atomic E-state index is 0.362. The fraction of sp³-hybridized carbons (Fsp3) is 0.250. The van der Waals surface area contributed by atoms with Crippen LogP contribution in [0.1, 0.15) is 6.92 Å². The largest absolute Gasteiger partial charge is 0.332 e. The highest BCUT2D eigenvalue weighted by molar-refractivity contribution is 7.99. The van der Waals surface area contributed by atoms with E-state index in [0.717, 1.165) is 15.9 Å². The van der Waals surface area contributed by atoms with Gasteiger partial charge in [-0.15, -0.1) is 11.8 Å². The molecule has 1 aromatic carbocycles. The molecule has 0 aliphatic rings. The molecule has 7 heteroatoms. The molecule has 0 saturated heterocycles. The highest BCUT2D eigenvalue weighted by atomic mass is 32.2. The summed E-state index contributed by atoms with van der Waals surface area (Å²) >= 11 is 1.47. The third-order valence-electron chi connectivity index (χ3n) is 3.58. The molecule has 0 N–H and O–H groups in total. The maximum absolute atomic E-state index is 12.5. The van der Waals surface area contributed by atoms with Gasteiger partial charge in [0.25, 0.3) is 5.56 Å². The second kappa shape index (κ2) is 6.00. The molecule has 0 radical (unpaired) electrons. The Morgan fingerprint density at radius 3 is 2.39 bits per heavy atom. The Kier molecular flexibility index (Phi) is 4.04. The van der Waals surface area contributed by atoms with E-state index >= 15 is 0 Å². The number of rotatable bonds is 3. The van der Waals surface area contributed by atoms with E-state index in [9.17, 15) is 9.59 Å². The summed E-state index contributed by atoms with van der Waals surface area (Å²) in [6, 6.07) is 9.52. The number of hydrogen-bond acceptors (Lipinski definition) is 5. The molecule has 0 aliphatic heterocycles. The first-order chi connectivity index (χ1) is 11.0. The van der Waals surface area contributed by atoms with E-state index in [4.69, 9.17) is 0 Å². The first kappa shape index (κ1) is 15.5. The molecule has 0 aliphatic carbocycles. The summed E-state index contributed by atoms with van der Waals surface area (Å²) in [4.78, 5) is 33.7. The van der Waals surface area contributed by atoms with Gasteiger partial charge in [0.2, 0.25) is 0 Å². The van der Waals surface area contributed by atoms with E-state index in [2.05, 4.69) is 9.97 Å². The second-order valence-corrected chi connectivity index (χ2v) is 6.31. The lowest BCUT2D eigenvalue weighted by Gasteiger charge is -2.11. The number of fused-ring (bicyclic) bond motifs is 1. The van der Waals surface area contributed by atoms with Gasteiger partial charge in [-0.3, -0.25) is 13.9 Å². The van der Waals surface area contributed by atoms with Gasteiger partial charge in [0.1, 0.15) is 10.4 Å². The Bertz CT molecular complexity index is 993. The molecular formula is C16H16N4O2S. The first-order valence-corrected chi connectivity index (χ1v) is 8.19. The van der Waals surface area contributed by atoms with Gasteiger partial charge in [-0.1, -0.05) is 37.3 Å². The fourth-order valence-electron chi connectivity index (χ4n) is 2.39. The van der Waals surface area contributed by atoms with E-state index in [1.54, 1.807) is 7.05 Å². The minimum atomic E-state index is -0.396. The topological polar surface area (TPSA) is 69.8 Å². The van der Waals surface area contributed by atoms with Crippen molar-refractivity contribution < 1.29 is 0 Å². The summed E-state index contributed by atoms with van der Waals surface area (Å²) in [5.41, 5.74) is 0.453. The van der Waals surface area contributed by atoms with Crippen molar-refractivity contribution in [2.75, 3.05) is 5.75 Å². The van der Waals surface area contributed by atoms with Crippen LogP contribution in [0.2, 0.25) is 0 Å². The first-order valence-electron chi connectivity index (χ1n) is 7.20. The third-order valence-corrected chi connectivity index (χ3v) is 4.44. The molecule has 3 aromatic rings. The van der Waals surface area contributed by atoms with Gasteiger partial charge in [-0.2, -0.15) is 0 Å². The molecule has 0 amide bonds. The average Bonchev–Trinajstić information content (AvgIpc) is 2.58. The SMILES string of the molecule is CCSc1nc(-c2ccccc2)nc2c1c(=O)n(C)c(=O)n2C. The lowest BCUT2D eigenvalue weighted by Crippen LogP contribution is -2.37. The Hall–Kier alpha value is -2.41. The van der Waals surface area contributed by atoms with Crippen molar-refractivity contribution in [3.05, 3.63) is 51.2 Å². The number of nitrogens with zero attached hydrogens (tertiary/aromatic N) is 4. The van der Waals surface area contributed by atoms with Crippen LogP contribution in [-0.2, 0) is 14.1 Å². The van der Waals surface area contributed by atoms with Crippen LogP contribution in [0.25, 0.3) is 22.4 Å². The van der Waals surface area contributed by atoms with E-state index in [0.29, 0.717) is 21.9 Å². The lowest BCUT2D eigenvalue weighted by molar-refractivity contribution is 0.703. The van der Waals surface area contributed by atoms with Crippen molar-refractivity contribution in [3.8, 4) is 11.4 Å². The van der Waals surface area contributed by atoms with Crippen LogP contribution >= 0.6 is 11.8 Å². The van der Waals surface area contributed by atoms with E-state index in [1.807, 2.05) is 37.3 Å². The van der Waals surface area contributed by atoms with Crippen LogP contribution in [0.15, 0.2) is 44.9 Å². The highest BCUT2D eigenvalue weighted by Gasteiger charge is 2.17. The van der Waals surface area contributed by atoms with Crippen LogP contribution in [0.4, 0.5) is 0 Å². The highest BCUT2D eigenvalue weighted by Crippen LogP contribution is 2.25. The summed E-state index contributed by atoms with van der Waals surface area (Å²) < 4.78 is 2.48. The lowest BCUT2D eigenvalue weighted by atomic mass is 10.2. The molecule has 23 heavy (non-hydrogen) atoms. The number of aryl methyl sites for hydroxylation is 1. The molecule has 0 atom stereocenters. The van der Waals surface area contributed by atoms with Gasteiger partial charge in [0.15, 0.2) is 11.5 Å². The number of aromatic nitrogens is 4. The summed E-state index contributed by atoms with van der Waals surface area (Å²) in [5, 5.41) is 0.994. The van der Waals surface area contributed by atoms with Crippen molar-refractivity contribution in [1.82, 2.24) is 19.1 Å². The molecule has 0 fully saturated rings. The Balaban J connectivity index is 2.45. The molecule has 0 bridgehead atoms. The van der Waals surface area contributed by atoms with Crippen molar-refractivity contribution in [2.24, 2.45) is 14.1 Å². The van der Waals surface area contributed by atoms with Gasteiger partial charge in [-0.05, 0) is 5.75 Å². The van der Waals surface area contributed by atoms with Gasteiger partial charge < -0.3 is 0 Å². The van der Waals surface area contributed by atoms with Crippen LogP contribution < -0.4 is 11.2 Å². The van der Waals surface area contributed by atoms with Crippen molar-refractivity contribution >= 4 is 22.8 Å². The average molecular weight is 328 g/mol. The van der Waals surface area contributed by atoms with Crippen LogP contribution in [0.3, 0.4) is 0 Å². The quantitative estimate of drug-likeness (QED) is 0.542. The predicted molar refractivity (Wildman–Crippen MR) is 91.9 cm³/mol. The molecular weight excluding hydrogens is 312 g/mol. The molecule has 2 aromatic heterocycles. The minimum Gasteiger partial charge on any atom is -0.280 e.